The summed E-state index contributed by atoms with van der Waals surface area (Å²) in [5.74, 6) is 1.40. The van der Waals surface area contributed by atoms with Gasteiger partial charge in [0.2, 0.25) is 0 Å². The highest BCUT2D eigenvalue weighted by molar-refractivity contribution is 5.84. The molecular weight excluding hydrogens is 278 g/mol. The lowest BCUT2D eigenvalue weighted by molar-refractivity contribution is 0.112. The Morgan fingerprint density at radius 3 is 2.68 bits per heavy atom. The van der Waals surface area contributed by atoms with Crippen molar-refractivity contribution in [3.05, 3.63) is 66.4 Å². The van der Waals surface area contributed by atoms with Gasteiger partial charge in [-0.25, -0.2) is 0 Å². The summed E-state index contributed by atoms with van der Waals surface area (Å²) in [7, 11) is 0. The molecule has 0 bridgehead atoms. The Balaban J connectivity index is 1.59. The van der Waals surface area contributed by atoms with Crippen LogP contribution >= 0.6 is 0 Å². The molecule has 0 aliphatic heterocycles. The minimum atomic E-state index is 0.394. The molecule has 4 heteroatoms. The monoisotopic (exact) mass is 293 g/mol. The van der Waals surface area contributed by atoms with Gasteiger partial charge in [-0.1, -0.05) is 30.3 Å². The predicted molar refractivity (Wildman–Crippen MR) is 84.6 cm³/mol. The lowest BCUT2D eigenvalue weighted by Gasteiger charge is -2.10. The van der Waals surface area contributed by atoms with Crippen LogP contribution in [0.1, 0.15) is 10.4 Å². The molecule has 0 fully saturated rings. The van der Waals surface area contributed by atoms with E-state index >= 15 is 0 Å². The summed E-state index contributed by atoms with van der Waals surface area (Å²) in [6.07, 6.45) is 2.54. The van der Waals surface area contributed by atoms with Gasteiger partial charge in [-0.15, -0.1) is 0 Å². The van der Waals surface area contributed by atoms with Crippen molar-refractivity contribution >= 4 is 17.2 Å². The van der Waals surface area contributed by atoms with Crippen LogP contribution in [0.4, 0.5) is 0 Å². The number of nitrogens with zero attached hydrogens (tertiary/aromatic N) is 1. The highest BCUT2D eigenvalue weighted by Crippen LogP contribution is 2.22. The first-order chi connectivity index (χ1) is 10.9. The quantitative estimate of drug-likeness (QED) is 0.515. The lowest BCUT2D eigenvalue weighted by atomic mass is 10.2. The fraction of sp³-hybridized carbons (Fsp3) is 0.111. The largest absolute Gasteiger partial charge is 0.490 e. The molecule has 0 N–H and O–H groups in total. The predicted octanol–water partition coefficient (Wildman–Crippen LogP) is 3.51. The molecular formula is C18H15NO3. The first-order valence-corrected chi connectivity index (χ1v) is 7.01. The zero-order valence-corrected chi connectivity index (χ0v) is 11.9. The fourth-order valence-corrected chi connectivity index (χ4v) is 2.18. The second-order valence-corrected chi connectivity index (χ2v) is 4.72. The number of para-hydroxylation sites is 1. The van der Waals surface area contributed by atoms with E-state index in [1.165, 1.54) is 0 Å². The number of hydrogen-bond acceptors (Lipinski definition) is 4. The van der Waals surface area contributed by atoms with Crippen molar-refractivity contribution in [3.63, 3.8) is 0 Å². The minimum Gasteiger partial charge on any atom is -0.490 e. The number of benzene rings is 2. The summed E-state index contributed by atoms with van der Waals surface area (Å²) in [6.45, 7) is 0.798. The van der Waals surface area contributed by atoms with Crippen LogP contribution in [0, 0.1) is 0 Å². The Labute approximate surface area is 128 Å². The minimum absolute atomic E-state index is 0.394. The molecule has 0 aliphatic rings. The molecule has 0 spiro atoms. The molecule has 2 aromatic carbocycles. The standard InChI is InChI=1S/C18H15NO3/c20-13-14-4-1-7-16(12-14)21-10-11-22-17-8-2-5-15-6-3-9-19-18(15)17/h1-9,12-13H,10-11H2. The smallest absolute Gasteiger partial charge is 0.150 e. The highest BCUT2D eigenvalue weighted by atomic mass is 16.5. The summed E-state index contributed by atoms with van der Waals surface area (Å²) < 4.78 is 11.3. The molecule has 0 saturated carbocycles. The molecule has 110 valence electrons. The maximum atomic E-state index is 10.7. The van der Waals surface area contributed by atoms with E-state index in [-0.39, 0.29) is 0 Å². The van der Waals surface area contributed by atoms with E-state index in [1.54, 1.807) is 24.4 Å². The van der Waals surface area contributed by atoms with Crippen molar-refractivity contribution in [1.29, 1.82) is 0 Å². The van der Waals surface area contributed by atoms with Gasteiger partial charge in [0.05, 0.1) is 0 Å². The summed E-state index contributed by atoms with van der Waals surface area (Å²) in [5, 5.41) is 1.04. The van der Waals surface area contributed by atoms with Gasteiger partial charge in [0.25, 0.3) is 0 Å². The number of hydrogen-bond donors (Lipinski definition) is 0. The first-order valence-electron chi connectivity index (χ1n) is 7.01. The third-order valence-electron chi connectivity index (χ3n) is 3.20. The lowest BCUT2D eigenvalue weighted by Crippen LogP contribution is -2.09. The van der Waals surface area contributed by atoms with E-state index in [1.807, 2.05) is 36.4 Å². The summed E-state index contributed by atoms with van der Waals surface area (Å²) in [6, 6.07) is 16.8. The second-order valence-electron chi connectivity index (χ2n) is 4.72. The first kappa shape index (κ1) is 14.1. The Hall–Kier alpha value is -2.88. The van der Waals surface area contributed by atoms with E-state index in [9.17, 15) is 4.79 Å². The van der Waals surface area contributed by atoms with Gasteiger partial charge in [-0.05, 0) is 24.3 Å². The zero-order chi connectivity index (χ0) is 15.2. The van der Waals surface area contributed by atoms with Crippen molar-refractivity contribution in [2.45, 2.75) is 0 Å². The second kappa shape index (κ2) is 6.72. The van der Waals surface area contributed by atoms with E-state index < -0.39 is 0 Å². The molecule has 0 unspecified atom stereocenters. The summed E-state index contributed by atoms with van der Waals surface area (Å²) in [5.41, 5.74) is 1.43. The number of aromatic nitrogens is 1. The van der Waals surface area contributed by atoms with E-state index in [0.29, 0.717) is 24.5 Å². The highest BCUT2D eigenvalue weighted by Gasteiger charge is 2.02. The summed E-state index contributed by atoms with van der Waals surface area (Å²) >= 11 is 0. The van der Waals surface area contributed by atoms with Crippen LogP contribution in [0.3, 0.4) is 0 Å². The summed E-state index contributed by atoms with van der Waals surface area (Å²) in [4.78, 5) is 15.0. The SMILES string of the molecule is O=Cc1cccc(OCCOc2cccc3cccnc23)c1. The number of pyridine rings is 1. The van der Waals surface area contributed by atoms with E-state index in [4.69, 9.17) is 9.47 Å². The Morgan fingerprint density at radius 1 is 0.955 bits per heavy atom. The van der Waals surface area contributed by atoms with E-state index in [2.05, 4.69) is 4.98 Å². The molecule has 0 amide bonds. The normalized spacial score (nSPS) is 10.4. The van der Waals surface area contributed by atoms with Crippen LogP contribution in [-0.4, -0.2) is 24.5 Å². The number of rotatable bonds is 6. The Bertz CT molecular complexity index is 781. The maximum Gasteiger partial charge on any atom is 0.150 e. The molecule has 4 nitrogen and oxygen atoms in total. The maximum absolute atomic E-state index is 10.7. The van der Waals surface area contributed by atoms with Gasteiger partial charge < -0.3 is 9.47 Å². The van der Waals surface area contributed by atoms with Gasteiger partial charge in [0, 0.05) is 17.1 Å². The molecule has 22 heavy (non-hydrogen) atoms. The number of carbonyl (C=O) groups is 1. The van der Waals surface area contributed by atoms with Gasteiger partial charge in [0.1, 0.15) is 36.5 Å². The number of carbonyl (C=O) groups excluding carboxylic acids is 1. The average Bonchev–Trinajstić information content (AvgIpc) is 2.59. The molecule has 0 atom stereocenters. The Kier molecular flexibility index (Phi) is 4.30. The van der Waals surface area contributed by atoms with Gasteiger partial charge in [-0.2, -0.15) is 0 Å². The number of aldehydes is 1. The van der Waals surface area contributed by atoms with Gasteiger partial charge >= 0.3 is 0 Å². The zero-order valence-electron chi connectivity index (χ0n) is 11.9. The van der Waals surface area contributed by atoms with Crippen LogP contribution in [-0.2, 0) is 0 Å². The van der Waals surface area contributed by atoms with Gasteiger partial charge in [0.15, 0.2) is 0 Å². The molecule has 3 aromatic rings. The molecule has 0 radical (unpaired) electrons. The van der Waals surface area contributed by atoms with Crippen molar-refractivity contribution in [2.75, 3.05) is 13.2 Å². The van der Waals surface area contributed by atoms with Crippen molar-refractivity contribution in [2.24, 2.45) is 0 Å². The fourth-order valence-electron chi connectivity index (χ4n) is 2.18. The van der Waals surface area contributed by atoms with Crippen LogP contribution in [0.15, 0.2) is 60.8 Å². The molecule has 0 aliphatic carbocycles. The molecule has 1 aromatic heterocycles. The van der Waals surface area contributed by atoms with Crippen LogP contribution in [0.2, 0.25) is 0 Å². The van der Waals surface area contributed by atoms with Crippen molar-refractivity contribution < 1.29 is 14.3 Å². The molecule has 0 saturated heterocycles. The topological polar surface area (TPSA) is 48.4 Å². The van der Waals surface area contributed by atoms with Gasteiger partial charge in [-0.3, -0.25) is 9.78 Å². The molecule has 1 heterocycles. The van der Waals surface area contributed by atoms with Crippen molar-refractivity contribution in [1.82, 2.24) is 4.98 Å². The van der Waals surface area contributed by atoms with Crippen LogP contribution in [0.5, 0.6) is 11.5 Å². The number of ether oxygens (including phenoxy) is 2. The Morgan fingerprint density at radius 2 is 1.77 bits per heavy atom. The third kappa shape index (κ3) is 3.23. The third-order valence-corrected chi connectivity index (χ3v) is 3.20. The number of fused-ring (bicyclic) bond motifs is 1. The van der Waals surface area contributed by atoms with Crippen LogP contribution < -0.4 is 9.47 Å². The van der Waals surface area contributed by atoms with Crippen molar-refractivity contribution in [3.8, 4) is 11.5 Å². The average molecular weight is 293 g/mol. The van der Waals surface area contributed by atoms with Crippen LogP contribution in [0.25, 0.3) is 10.9 Å². The van der Waals surface area contributed by atoms with E-state index in [0.717, 1.165) is 22.9 Å². The molecule has 3 rings (SSSR count).